The molecule has 0 aromatic heterocycles. The minimum atomic E-state index is -3.66. The number of fused-ring (bicyclic) bond motifs is 2. The Labute approximate surface area is 195 Å². The molecular weight excluding hydrogens is 472 g/mol. The third-order valence-corrected chi connectivity index (χ3v) is 7.86. The average Bonchev–Trinajstić information content (AvgIpc) is 3.45. The lowest BCUT2D eigenvalue weighted by Gasteiger charge is -2.58. The number of nitrogens with one attached hydrogen (secondary N) is 1. The fraction of sp³-hybridized carbons (Fsp3) is 0.458. The molecule has 2 saturated heterocycles. The van der Waals surface area contributed by atoms with Crippen molar-refractivity contribution in [2.75, 3.05) is 6.26 Å². The van der Waals surface area contributed by atoms with E-state index in [1.165, 1.54) is 23.1 Å². The van der Waals surface area contributed by atoms with Crippen LogP contribution in [0, 0.1) is 23.4 Å². The van der Waals surface area contributed by atoms with Crippen LogP contribution in [0.25, 0.3) is 11.1 Å². The molecule has 0 radical (unpaired) electrons. The van der Waals surface area contributed by atoms with Crippen molar-refractivity contribution >= 4 is 15.9 Å². The molecule has 2 aliphatic heterocycles. The van der Waals surface area contributed by atoms with Crippen LogP contribution in [0.3, 0.4) is 0 Å². The molecule has 1 N–H and O–H groups in total. The number of sulfonamides is 1. The van der Waals surface area contributed by atoms with Crippen LogP contribution in [-0.4, -0.2) is 49.3 Å². The van der Waals surface area contributed by atoms with E-state index in [1.54, 1.807) is 0 Å². The molecule has 2 bridgehead atoms. The van der Waals surface area contributed by atoms with Gasteiger partial charge in [-0.3, -0.25) is 4.79 Å². The van der Waals surface area contributed by atoms with Gasteiger partial charge in [-0.15, -0.1) is 0 Å². The Kier molecular flexibility index (Phi) is 5.51. The summed E-state index contributed by atoms with van der Waals surface area (Å²) in [6.45, 7) is 0. The summed E-state index contributed by atoms with van der Waals surface area (Å²) in [7, 11) is -3.66. The van der Waals surface area contributed by atoms with Crippen molar-refractivity contribution in [2.45, 2.75) is 55.9 Å². The van der Waals surface area contributed by atoms with E-state index in [4.69, 9.17) is 0 Å². The molecule has 2 aromatic carbocycles. The van der Waals surface area contributed by atoms with E-state index in [9.17, 15) is 26.4 Å². The minimum absolute atomic E-state index is 0.0165. The Morgan fingerprint density at radius 1 is 1.12 bits per heavy atom. The monoisotopic (exact) mass is 496 g/mol. The van der Waals surface area contributed by atoms with Gasteiger partial charge in [0.2, 0.25) is 10.0 Å². The number of carbonyl (C=O) groups excluding carboxylic acids is 1. The molecule has 2 heterocycles. The predicted octanol–water partition coefficient (Wildman–Crippen LogP) is 3.72. The fourth-order valence-electron chi connectivity index (χ4n) is 5.32. The molecule has 2 saturated carbocycles. The molecule has 2 aromatic rings. The Bertz CT molecular complexity index is 1240. The van der Waals surface area contributed by atoms with Crippen LogP contribution >= 0.6 is 0 Å². The summed E-state index contributed by atoms with van der Waals surface area (Å²) < 4.78 is 84.6. The Morgan fingerprint density at radius 2 is 1.76 bits per heavy atom. The van der Waals surface area contributed by atoms with E-state index in [1.807, 2.05) is 0 Å². The van der Waals surface area contributed by atoms with Gasteiger partial charge in [0.05, 0.1) is 12.3 Å². The van der Waals surface area contributed by atoms with Crippen LogP contribution in [0.5, 0.6) is 0 Å². The van der Waals surface area contributed by atoms with E-state index in [-0.39, 0.29) is 47.9 Å². The summed E-state index contributed by atoms with van der Waals surface area (Å²) in [5.41, 5.74) is -1.81. The number of benzene rings is 2. The number of alkyl halides is 1. The maximum absolute atomic E-state index is 15.6. The lowest BCUT2D eigenvalue weighted by atomic mass is 9.66. The molecule has 0 unspecified atom stereocenters. The highest BCUT2D eigenvalue weighted by molar-refractivity contribution is 7.88. The lowest BCUT2D eigenvalue weighted by molar-refractivity contribution is -0.156. The maximum Gasteiger partial charge on any atom is 0.260 e. The molecule has 2 aliphatic carbocycles. The topological polar surface area (TPSA) is 66.5 Å². The van der Waals surface area contributed by atoms with Crippen molar-refractivity contribution < 1.29 is 30.8 Å². The third kappa shape index (κ3) is 4.22. The number of halogens is 4. The number of carbonyl (C=O) groups is 1. The summed E-state index contributed by atoms with van der Waals surface area (Å²) in [5.74, 6) is -3.14. The van der Waals surface area contributed by atoms with E-state index < -0.39 is 51.1 Å². The molecule has 4 fully saturated rings. The maximum atomic E-state index is 15.6. The van der Waals surface area contributed by atoms with E-state index in [0.717, 1.165) is 18.4 Å². The molecule has 10 heteroatoms. The van der Waals surface area contributed by atoms with E-state index in [2.05, 4.69) is 4.72 Å². The van der Waals surface area contributed by atoms with Crippen LogP contribution < -0.4 is 4.72 Å². The van der Waals surface area contributed by atoms with Gasteiger partial charge in [0.1, 0.15) is 17.5 Å². The van der Waals surface area contributed by atoms with Crippen LogP contribution in [0.15, 0.2) is 36.4 Å². The average molecular weight is 497 g/mol. The van der Waals surface area contributed by atoms with Gasteiger partial charge in [0.15, 0.2) is 5.67 Å². The van der Waals surface area contributed by atoms with Gasteiger partial charge in [-0.1, -0.05) is 18.2 Å². The van der Waals surface area contributed by atoms with Crippen molar-refractivity contribution in [1.82, 2.24) is 9.62 Å². The zero-order valence-electron chi connectivity index (χ0n) is 18.4. The number of hydrogen-bond donors (Lipinski definition) is 1. The second-order valence-corrected chi connectivity index (χ2v) is 11.5. The van der Waals surface area contributed by atoms with Gasteiger partial charge >= 0.3 is 0 Å². The van der Waals surface area contributed by atoms with Gasteiger partial charge in [-0.2, -0.15) is 0 Å². The molecule has 6 rings (SSSR count). The number of amides is 1. The molecular formula is C24H24F4N2O3S. The first-order valence-corrected chi connectivity index (χ1v) is 13.1. The highest BCUT2D eigenvalue weighted by Crippen LogP contribution is 2.49. The number of nitrogens with zero attached hydrogens (tertiary/aromatic N) is 1. The minimum Gasteiger partial charge on any atom is -0.332 e. The second kappa shape index (κ2) is 8.05. The molecule has 0 spiro atoms. The summed E-state index contributed by atoms with van der Waals surface area (Å²) in [4.78, 5) is 14.5. The first kappa shape index (κ1) is 23.3. The predicted molar refractivity (Wildman–Crippen MR) is 117 cm³/mol. The Hall–Kier alpha value is -2.46. The second-order valence-electron chi connectivity index (χ2n) is 9.69. The van der Waals surface area contributed by atoms with E-state index >= 15 is 4.39 Å². The van der Waals surface area contributed by atoms with Crippen molar-refractivity contribution in [3.05, 3.63) is 59.4 Å². The summed E-state index contributed by atoms with van der Waals surface area (Å²) in [5, 5.41) is 0. The fourth-order valence-corrected chi connectivity index (χ4v) is 6.17. The largest absolute Gasteiger partial charge is 0.332 e. The first-order valence-electron chi connectivity index (χ1n) is 11.2. The summed E-state index contributed by atoms with van der Waals surface area (Å²) in [6.07, 6.45) is 2.28. The smallest absolute Gasteiger partial charge is 0.260 e. The van der Waals surface area contributed by atoms with Crippen LogP contribution in [0.2, 0.25) is 0 Å². The van der Waals surface area contributed by atoms with Crippen molar-refractivity contribution in [3.63, 3.8) is 0 Å². The van der Waals surface area contributed by atoms with Crippen molar-refractivity contribution in [3.8, 4) is 11.1 Å². The standard InChI is InChI=1S/C24H24F4N2O3S/c1-34(32,33)29-22-15-9-18(10-15)30(23(31)24(28)5-6-24)20(22)11-13-3-2-4-19(21(13)27)14-7-16(25)12-17(26)8-14/h2-4,7-8,12,15,18,20,22,29H,5-6,9-11H2,1H3/t15?,18?,20-,22-/m0/s1. The molecule has 5 nitrogen and oxygen atoms in total. The molecule has 1 amide bonds. The van der Waals surface area contributed by atoms with Gasteiger partial charge in [0, 0.05) is 23.7 Å². The third-order valence-electron chi connectivity index (χ3n) is 7.16. The van der Waals surface area contributed by atoms with Crippen molar-refractivity contribution in [2.24, 2.45) is 5.92 Å². The molecule has 2 atom stereocenters. The highest BCUT2D eigenvalue weighted by atomic mass is 32.2. The zero-order valence-corrected chi connectivity index (χ0v) is 19.2. The quantitative estimate of drug-likeness (QED) is 0.620. The number of rotatable bonds is 6. The summed E-state index contributed by atoms with van der Waals surface area (Å²) in [6, 6.07) is 5.42. The zero-order chi connectivity index (χ0) is 24.4. The van der Waals surface area contributed by atoms with Crippen molar-refractivity contribution in [1.29, 1.82) is 0 Å². The van der Waals surface area contributed by atoms with Crippen LogP contribution in [0.4, 0.5) is 17.6 Å². The Balaban J connectivity index is 1.53. The molecule has 4 aliphatic rings. The lowest BCUT2D eigenvalue weighted by Crippen LogP contribution is -2.71. The first-order chi connectivity index (χ1) is 15.9. The SMILES string of the molecule is CS(=O)(=O)N[C@H]1C2CC(C2)N(C(=O)C2(F)CC2)[C@H]1Cc1cccc(-c2cc(F)cc(F)c2)c1F. The Morgan fingerprint density at radius 3 is 2.35 bits per heavy atom. The van der Waals surface area contributed by atoms with Gasteiger partial charge < -0.3 is 4.90 Å². The molecule has 34 heavy (non-hydrogen) atoms. The highest BCUT2D eigenvalue weighted by Gasteiger charge is 2.60. The normalized spacial score (nSPS) is 27.3. The van der Waals surface area contributed by atoms with Gasteiger partial charge in [-0.05, 0) is 61.3 Å². The van der Waals surface area contributed by atoms with Gasteiger partial charge in [-0.25, -0.2) is 30.7 Å². The summed E-state index contributed by atoms with van der Waals surface area (Å²) >= 11 is 0. The van der Waals surface area contributed by atoms with E-state index in [0.29, 0.717) is 18.9 Å². The number of piperidine rings is 2. The van der Waals surface area contributed by atoms with Gasteiger partial charge in [0.25, 0.3) is 5.91 Å². The van der Waals surface area contributed by atoms with Crippen LogP contribution in [0.1, 0.15) is 31.2 Å². The number of hydrogen-bond acceptors (Lipinski definition) is 3. The molecule has 182 valence electrons. The van der Waals surface area contributed by atoms with Crippen LogP contribution in [-0.2, 0) is 21.2 Å².